The molecule has 1 aromatic rings. The van der Waals surface area contributed by atoms with Crippen molar-refractivity contribution in [2.75, 3.05) is 26.4 Å². The molecular formula is C12H19NO4S. The third-order valence-corrected chi connectivity index (χ3v) is 3.85. The molecular weight excluding hydrogens is 254 g/mol. The van der Waals surface area contributed by atoms with Gasteiger partial charge in [-0.25, -0.2) is 13.1 Å². The van der Waals surface area contributed by atoms with Gasteiger partial charge in [-0.3, -0.25) is 0 Å². The number of aliphatic hydroxyl groups is 1. The molecule has 0 aliphatic rings. The van der Waals surface area contributed by atoms with Crippen LogP contribution in [-0.2, 0) is 21.2 Å². The van der Waals surface area contributed by atoms with Gasteiger partial charge in [0.2, 0.25) is 10.0 Å². The standard InChI is InChI=1S/C12H19NO4S/c1-2-17-10-8-13-18(15,16)12-5-3-11(4-6-12)7-9-14/h3-6,13-14H,2,7-10H2,1H3. The van der Waals surface area contributed by atoms with Gasteiger partial charge in [0.1, 0.15) is 0 Å². The summed E-state index contributed by atoms with van der Waals surface area (Å²) >= 11 is 0. The van der Waals surface area contributed by atoms with Crippen molar-refractivity contribution in [2.24, 2.45) is 0 Å². The van der Waals surface area contributed by atoms with Gasteiger partial charge in [0.25, 0.3) is 0 Å². The fourth-order valence-corrected chi connectivity index (χ4v) is 2.45. The molecule has 102 valence electrons. The lowest BCUT2D eigenvalue weighted by atomic mass is 10.2. The minimum absolute atomic E-state index is 0.0543. The molecule has 18 heavy (non-hydrogen) atoms. The van der Waals surface area contributed by atoms with Crippen LogP contribution in [0, 0.1) is 0 Å². The van der Waals surface area contributed by atoms with E-state index in [2.05, 4.69) is 4.72 Å². The summed E-state index contributed by atoms with van der Waals surface area (Å²) in [7, 11) is -3.46. The van der Waals surface area contributed by atoms with Crippen molar-refractivity contribution in [1.29, 1.82) is 0 Å². The smallest absolute Gasteiger partial charge is 0.240 e. The fraction of sp³-hybridized carbons (Fsp3) is 0.500. The molecule has 0 saturated carbocycles. The Bertz CT molecular complexity index is 442. The van der Waals surface area contributed by atoms with Crippen molar-refractivity contribution >= 4 is 10.0 Å². The van der Waals surface area contributed by atoms with Gasteiger partial charge in [0, 0.05) is 19.8 Å². The molecule has 0 bridgehead atoms. The zero-order valence-electron chi connectivity index (χ0n) is 10.4. The second-order valence-corrected chi connectivity index (χ2v) is 5.48. The topological polar surface area (TPSA) is 75.6 Å². The van der Waals surface area contributed by atoms with E-state index in [1.807, 2.05) is 6.92 Å². The normalized spacial score (nSPS) is 11.7. The maximum atomic E-state index is 11.8. The molecule has 0 amide bonds. The van der Waals surface area contributed by atoms with E-state index in [9.17, 15) is 8.42 Å². The van der Waals surface area contributed by atoms with Crippen molar-refractivity contribution < 1.29 is 18.3 Å². The van der Waals surface area contributed by atoms with E-state index in [0.717, 1.165) is 5.56 Å². The molecule has 0 aliphatic carbocycles. The summed E-state index contributed by atoms with van der Waals surface area (Å²) in [5.41, 5.74) is 0.908. The zero-order chi connectivity index (χ0) is 13.4. The van der Waals surface area contributed by atoms with Gasteiger partial charge in [-0.2, -0.15) is 0 Å². The third-order valence-electron chi connectivity index (χ3n) is 2.38. The molecule has 0 saturated heterocycles. The summed E-state index contributed by atoms with van der Waals surface area (Å²) in [5.74, 6) is 0. The molecule has 1 rings (SSSR count). The van der Waals surface area contributed by atoms with Crippen LogP contribution in [0.25, 0.3) is 0 Å². The Kier molecular flexibility index (Phi) is 6.28. The molecule has 6 heteroatoms. The first-order chi connectivity index (χ1) is 8.60. The Morgan fingerprint density at radius 2 is 1.94 bits per heavy atom. The number of rotatable bonds is 8. The molecule has 0 spiro atoms. The van der Waals surface area contributed by atoms with E-state index < -0.39 is 10.0 Å². The van der Waals surface area contributed by atoms with Crippen molar-refractivity contribution in [3.63, 3.8) is 0 Å². The van der Waals surface area contributed by atoms with Crippen LogP contribution in [0.3, 0.4) is 0 Å². The Morgan fingerprint density at radius 3 is 2.50 bits per heavy atom. The van der Waals surface area contributed by atoms with Gasteiger partial charge in [0.15, 0.2) is 0 Å². The number of hydrogen-bond acceptors (Lipinski definition) is 4. The highest BCUT2D eigenvalue weighted by atomic mass is 32.2. The molecule has 5 nitrogen and oxygen atoms in total. The van der Waals surface area contributed by atoms with E-state index >= 15 is 0 Å². The summed E-state index contributed by atoms with van der Waals surface area (Å²) in [4.78, 5) is 0.223. The Labute approximate surface area is 108 Å². The second kappa shape index (κ2) is 7.48. The average Bonchev–Trinajstić information content (AvgIpc) is 2.36. The number of nitrogens with one attached hydrogen (secondary N) is 1. The number of aliphatic hydroxyl groups excluding tert-OH is 1. The van der Waals surface area contributed by atoms with Crippen LogP contribution in [0.4, 0.5) is 0 Å². The average molecular weight is 273 g/mol. The van der Waals surface area contributed by atoms with Crippen molar-refractivity contribution in [2.45, 2.75) is 18.2 Å². The minimum atomic E-state index is -3.46. The highest BCUT2D eigenvalue weighted by Gasteiger charge is 2.12. The Balaban J connectivity index is 2.61. The van der Waals surface area contributed by atoms with Crippen LogP contribution < -0.4 is 4.72 Å². The van der Waals surface area contributed by atoms with Crippen LogP contribution >= 0.6 is 0 Å². The SMILES string of the molecule is CCOCCNS(=O)(=O)c1ccc(CCO)cc1. The predicted octanol–water partition coefficient (Wildman–Crippen LogP) is 0.536. The number of benzene rings is 1. The highest BCUT2D eigenvalue weighted by molar-refractivity contribution is 7.89. The van der Waals surface area contributed by atoms with Gasteiger partial charge in [0.05, 0.1) is 11.5 Å². The lowest BCUT2D eigenvalue weighted by molar-refractivity contribution is 0.153. The third kappa shape index (κ3) is 4.73. The number of sulfonamides is 1. The first-order valence-electron chi connectivity index (χ1n) is 5.87. The van der Waals surface area contributed by atoms with E-state index in [1.165, 1.54) is 12.1 Å². The lowest BCUT2D eigenvalue weighted by Gasteiger charge is -2.07. The molecule has 0 atom stereocenters. The zero-order valence-corrected chi connectivity index (χ0v) is 11.2. The first kappa shape index (κ1) is 15.1. The van der Waals surface area contributed by atoms with Crippen molar-refractivity contribution in [1.82, 2.24) is 4.72 Å². The summed E-state index contributed by atoms with van der Waals surface area (Å²) in [6.07, 6.45) is 0.526. The molecule has 2 N–H and O–H groups in total. The summed E-state index contributed by atoms with van der Waals surface area (Å²) in [6.45, 7) is 3.09. The largest absolute Gasteiger partial charge is 0.396 e. The maximum Gasteiger partial charge on any atom is 0.240 e. The maximum absolute atomic E-state index is 11.8. The monoisotopic (exact) mass is 273 g/mol. The van der Waals surface area contributed by atoms with Crippen molar-refractivity contribution in [3.8, 4) is 0 Å². The second-order valence-electron chi connectivity index (χ2n) is 3.71. The number of ether oxygens (including phenoxy) is 1. The molecule has 0 aromatic heterocycles. The van der Waals surface area contributed by atoms with E-state index in [1.54, 1.807) is 12.1 Å². The van der Waals surface area contributed by atoms with Gasteiger partial charge in [-0.1, -0.05) is 12.1 Å². The molecule has 0 unspecified atom stereocenters. The predicted molar refractivity (Wildman–Crippen MR) is 68.9 cm³/mol. The van der Waals surface area contributed by atoms with E-state index in [0.29, 0.717) is 19.6 Å². The Hall–Kier alpha value is -0.950. The van der Waals surface area contributed by atoms with Gasteiger partial charge < -0.3 is 9.84 Å². The highest BCUT2D eigenvalue weighted by Crippen LogP contribution is 2.10. The summed E-state index contributed by atoms with van der Waals surface area (Å²) < 4.78 is 31.2. The molecule has 0 aliphatic heterocycles. The van der Waals surface area contributed by atoms with Crippen LogP contribution in [0.5, 0.6) is 0 Å². The van der Waals surface area contributed by atoms with Crippen LogP contribution in [0.15, 0.2) is 29.2 Å². The molecule has 0 heterocycles. The quantitative estimate of drug-likeness (QED) is 0.678. The Morgan fingerprint density at radius 1 is 1.28 bits per heavy atom. The van der Waals surface area contributed by atoms with Crippen LogP contribution in [0.2, 0.25) is 0 Å². The fourth-order valence-electron chi connectivity index (χ4n) is 1.44. The molecule has 0 fully saturated rings. The van der Waals surface area contributed by atoms with E-state index in [-0.39, 0.29) is 18.0 Å². The first-order valence-corrected chi connectivity index (χ1v) is 7.35. The summed E-state index contributed by atoms with van der Waals surface area (Å²) in [5, 5.41) is 8.77. The van der Waals surface area contributed by atoms with Crippen molar-refractivity contribution in [3.05, 3.63) is 29.8 Å². The molecule has 1 aromatic carbocycles. The van der Waals surface area contributed by atoms with E-state index in [4.69, 9.17) is 9.84 Å². The summed E-state index contributed by atoms with van der Waals surface area (Å²) in [6, 6.07) is 6.47. The van der Waals surface area contributed by atoms with Crippen LogP contribution in [0.1, 0.15) is 12.5 Å². The molecule has 0 radical (unpaired) electrons. The van der Waals surface area contributed by atoms with Gasteiger partial charge in [-0.15, -0.1) is 0 Å². The number of hydrogen-bond donors (Lipinski definition) is 2. The lowest BCUT2D eigenvalue weighted by Crippen LogP contribution is -2.27. The van der Waals surface area contributed by atoms with Gasteiger partial charge in [-0.05, 0) is 31.0 Å². The van der Waals surface area contributed by atoms with Gasteiger partial charge >= 0.3 is 0 Å². The minimum Gasteiger partial charge on any atom is -0.396 e. The van der Waals surface area contributed by atoms with Crippen LogP contribution in [-0.4, -0.2) is 39.9 Å².